The molecule has 1 N–H and O–H groups in total. The maximum Gasteiger partial charge on any atom is 0.0417 e. The molecule has 0 bridgehead atoms. The van der Waals surface area contributed by atoms with Crippen LogP contribution < -0.4 is 10.5 Å². The van der Waals surface area contributed by atoms with E-state index in [1.807, 2.05) is 13.1 Å². The molecular formula is C17H15N. The molecule has 0 amide bonds. The second kappa shape index (κ2) is 3.88. The summed E-state index contributed by atoms with van der Waals surface area (Å²) >= 11 is 0. The number of rotatable bonds is 2. The minimum Gasteiger partial charge on any atom is -0.388 e. The Morgan fingerprint density at radius 3 is 2.50 bits per heavy atom. The first-order valence-corrected chi connectivity index (χ1v) is 6.03. The van der Waals surface area contributed by atoms with Gasteiger partial charge in [-0.25, -0.2) is 0 Å². The van der Waals surface area contributed by atoms with E-state index in [-0.39, 0.29) is 0 Å². The molecule has 0 unspecified atom stereocenters. The summed E-state index contributed by atoms with van der Waals surface area (Å²) in [4.78, 5) is 0. The Bertz CT molecular complexity index is 799. The van der Waals surface area contributed by atoms with Crippen LogP contribution in [-0.2, 0) is 0 Å². The first-order valence-electron chi connectivity index (χ1n) is 6.03. The lowest BCUT2D eigenvalue weighted by molar-refractivity contribution is 1.55. The summed E-state index contributed by atoms with van der Waals surface area (Å²) in [6, 6.07) is 12.7. The molecule has 3 aromatic carbocycles. The quantitative estimate of drug-likeness (QED) is 0.709. The van der Waals surface area contributed by atoms with Gasteiger partial charge in [0, 0.05) is 18.1 Å². The van der Waals surface area contributed by atoms with Crippen molar-refractivity contribution in [3.8, 4) is 0 Å². The van der Waals surface area contributed by atoms with E-state index in [1.165, 1.54) is 21.5 Å². The lowest BCUT2D eigenvalue weighted by Crippen LogP contribution is -2.02. The van der Waals surface area contributed by atoms with Gasteiger partial charge in [0.2, 0.25) is 0 Å². The zero-order valence-corrected chi connectivity index (χ0v) is 10.5. The zero-order valence-electron chi connectivity index (χ0n) is 10.5. The molecule has 0 fully saturated rings. The van der Waals surface area contributed by atoms with Gasteiger partial charge in [-0.05, 0) is 33.0 Å². The van der Waals surface area contributed by atoms with Crippen molar-refractivity contribution in [2.45, 2.75) is 0 Å². The van der Waals surface area contributed by atoms with Crippen molar-refractivity contribution >= 4 is 39.9 Å². The predicted octanol–water partition coefficient (Wildman–Crippen LogP) is 3.81. The smallest absolute Gasteiger partial charge is 0.0417 e. The number of benzene rings is 3. The third kappa shape index (κ3) is 1.34. The molecule has 1 nitrogen and oxygen atoms in total. The molecule has 0 heterocycles. The topological polar surface area (TPSA) is 12.0 Å². The van der Waals surface area contributed by atoms with Crippen molar-refractivity contribution in [2.75, 3.05) is 12.4 Å². The van der Waals surface area contributed by atoms with Crippen LogP contribution in [0.5, 0.6) is 0 Å². The fraction of sp³-hybridized carbons (Fsp3) is 0.0588. The van der Waals surface area contributed by atoms with E-state index < -0.39 is 0 Å². The Morgan fingerprint density at radius 1 is 1.00 bits per heavy atom. The molecule has 3 rings (SSSR count). The summed E-state index contributed by atoms with van der Waals surface area (Å²) < 4.78 is 0. The summed E-state index contributed by atoms with van der Waals surface area (Å²) in [5.74, 6) is 0. The Labute approximate surface area is 106 Å². The molecule has 0 saturated carbocycles. The summed E-state index contributed by atoms with van der Waals surface area (Å²) in [6.45, 7) is 8.04. The van der Waals surface area contributed by atoms with E-state index >= 15 is 0 Å². The van der Waals surface area contributed by atoms with Gasteiger partial charge >= 0.3 is 0 Å². The van der Waals surface area contributed by atoms with Crippen LogP contribution in [0, 0.1) is 0 Å². The van der Waals surface area contributed by atoms with Crippen molar-refractivity contribution in [3.05, 3.63) is 53.8 Å². The van der Waals surface area contributed by atoms with E-state index in [0.717, 1.165) is 16.5 Å². The first-order chi connectivity index (χ1) is 8.76. The minimum absolute atomic E-state index is 1.05. The summed E-state index contributed by atoms with van der Waals surface area (Å²) in [5, 5.41) is 9.26. The summed E-state index contributed by atoms with van der Waals surface area (Å²) in [7, 11) is 1.95. The highest BCUT2D eigenvalue weighted by Gasteiger charge is 2.08. The van der Waals surface area contributed by atoms with Crippen molar-refractivity contribution in [2.24, 2.45) is 0 Å². The van der Waals surface area contributed by atoms with Crippen LogP contribution in [0.4, 0.5) is 5.69 Å². The zero-order chi connectivity index (χ0) is 12.7. The first kappa shape index (κ1) is 10.8. The SMILES string of the molecule is C=Cc1ccc2ccc(NC)c3ccc(=C)c1c23. The van der Waals surface area contributed by atoms with E-state index in [9.17, 15) is 0 Å². The number of hydrogen-bond acceptors (Lipinski definition) is 1. The van der Waals surface area contributed by atoms with Crippen LogP contribution >= 0.6 is 0 Å². The van der Waals surface area contributed by atoms with Crippen LogP contribution in [0.25, 0.3) is 34.2 Å². The summed E-state index contributed by atoms with van der Waals surface area (Å²) in [6.07, 6.45) is 1.90. The van der Waals surface area contributed by atoms with Gasteiger partial charge in [-0.2, -0.15) is 0 Å². The van der Waals surface area contributed by atoms with Gasteiger partial charge in [0.05, 0.1) is 0 Å². The molecule has 0 atom stereocenters. The van der Waals surface area contributed by atoms with Gasteiger partial charge in [-0.15, -0.1) is 0 Å². The highest BCUT2D eigenvalue weighted by Crippen LogP contribution is 2.32. The van der Waals surface area contributed by atoms with Gasteiger partial charge in [0.15, 0.2) is 0 Å². The van der Waals surface area contributed by atoms with E-state index in [0.29, 0.717) is 0 Å². The average Bonchev–Trinajstić information content (AvgIpc) is 2.42. The van der Waals surface area contributed by atoms with Crippen LogP contribution in [0.3, 0.4) is 0 Å². The van der Waals surface area contributed by atoms with Crippen LogP contribution in [0.1, 0.15) is 5.56 Å². The highest BCUT2D eigenvalue weighted by molar-refractivity contribution is 6.16. The van der Waals surface area contributed by atoms with Gasteiger partial charge in [-0.1, -0.05) is 49.6 Å². The Morgan fingerprint density at radius 2 is 1.78 bits per heavy atom. The molecule has 0 aromatic heterocycles. The van der Waals surface area contributed by atoms with Gasteiger partial charge < -0.3 is 5.32 Å². The minimum atomic E-state index is 1.05. The van der Waals surface area contributed by atoms with Gasteiger partial charge in [-0.3, -0.25) is 0 Å². The number of anilines is 1. The Hall–Kier alpha value is -2.28. The van der Waals surface area contributed by atoms with Crippen LogP contribution in [0.15, 0.2) is 43.0 Å². The maximum atomic E-state index is 4.15. The molecule has 88 valence electrons. The largest absolute Gasteiger partial charge is 0.388 e. The van der Waals surface area contributed by atoms with Gasteiger partial charge in [0.1, 0.15) is 0 Å². The molecule has 0 aliphatic carbocycles. The molecule has 0 aliphatic rings. The molecule has 0 aliphatic heterocycles. The van der Waals surface area contributed by atoms with Crippen molar-refractivity contribution in [1.82, 2.24) is 0 Å². The molecule has 3 aromatic rings. The fourth-order valence-electron chi connectivity index (χ4n) is 2.64. The Balaban J connectivity index is 2.68. The van der Waals surface area contributed by atoms with Crippen LogP contribution in [-0.4, -0.2) is 7.05 Å². The van der Waals surface area contributed by atoms with E-state index in [2.05, 4.69) is 54.9 Å². The van der Waals surface area contributed by atoms with Crippen molar-refractivity contribution < 1.29 is 0 Å². The van der Waals surface area contributed by atoms with Crippen molar-refractivity contribution in [1.29, 1.82) is 0 Å². The molecular weight excluding hydrogens is 218 g/mol. The number of nitrogens with one attached hydrogen (secondary N) is 1. The van der Waals surface area contributed by atoms with Gasteiger partial charge in [0.25, 0.3) is 0 Å². The lowest BCUT2D eigenvalue weighted by atomic mass is 9.94. The molecule has 0 radical (unpaired) electrons. The third-order valence-electron chi connectivity index (χ3n) is 3.52. The number of hydrogen-bond donors (Lipinski definition) is 1. The Kier molecular flexibility index (Phi) is 2.34. The predicted molar refractivity (Wildman–Crippen MR) is 81.8 cm³/mol. The molecule has 1 heteroatoms. The fourth-order valence-corrected chi connectivity index (χ4v) is 2.64. The van der Waals surface area contributed by atoms with E-state index in [1.54, 1.807) is 0 Å². The van der Waals surface area contributed by atoms with Crippen molar-refractivity contribution in [3.63, 3.8) is 0 Å². The lowest BCUT2D eigenvalue weighted by Gasteiger charge is -2.12. The average molecular weight is 233 g/mol. The molecule has 0 spiro atoms. The van der Waals surface area contributed by atoms with E-state index in [4.69, 9.17) is 0 Å². The third-order valence-corrected chi connectivity index (χ3v) is 3.52. The monoisotopic (exact) mass is 233 g/mol. The molecule has 0 saturated heterocycles. The maximum absolute atomic E-state index is 4.15. The normalized spacial score (nSPS) is 10.9. The second-order valence-corrected chi connectivity index (χ2v) is 4.47. The molecule has 18 heavy (non-hydrogen) atoms. The van der Waals surface area contributed by atoms with Crippen LogP contribution in [0.2, 0.25) is 0 Å². The standard InChI is InChI=1S/C17H15N/c1-4-12-6-7-13-8-10-15(18-3)14-9-5-11(2)16(12)17(13)14/h4-10,18H,1-2H2,3H3. The summed E-state index contributed by atoms with van der Waals surface area (Å²) in [5.41, 5.74) is 2.29. The highest BCUT2D eigenvalue weighted by atomic mass is 14.8. The second-order valence-electron chi connectivity index (χ2n) is 4.47.